The molecule has 3 aromatic rings. The van der Waals surface area contributed by atoms with Gasteiger partial charge in [0.15, 0.2) is 0 Å². The number of primary amides is 1. The van der Waals surface area contributed by atoms with Crippen molar-refractivity contribution >= 4 is 17.5 Å². The fraction of sp³-hybridized carbons (Fsp3) is 0.200. The third kappa shape index (κ3) is 4.73. The van der Waals surface area contributed by atoms with Gasteiger partial charge in [-0.1, -0.05) is 17.3 Å². The highest BCUT2D eigenvalue weighted by molar-refractivity contribution is 6.02. The Bertz CT molecular complexity index is 966. The second-order valence-corrected chi connectivity index (χ2v) is 5.93. The summed E-state index contributed by atoms with van der Waals surface area (Å²) in [5.41, 5.74) is 6.73. The molecule has 0 fully saturated rings. The molecule has 0 atom stereocenters. The zero-order valence-corrected chi connectivity index (χ0v) is 15.3. The van der Waals surface area contributed by atoms with E-state index in [1.807, 2.05) is 31.2 Å². The van der Waals surface area contributed by atoms with Crippen LogP contribution in [0.15, 0.2) is 53.1 Å². The summed E-state index contributed by atoms with van der Waals surface area (Å²) in [6.07, 6.45) is 0.395. The SMILES string of the molecule is CCOc1ccc(-c2noc(CCC(=O)Nc3ccccc3C(N)=O)n2)cc1. The third-order valence-corrected chi connectivity index (χ3v) is 3.92. The summed E-state index contributed by atoms with van der Waals surface area (Å²) in [7, 11) is 0. The van der Waals surface area contributed by atoms with Crippen LogP contribution in [0.4, 0.5) is 5.69 Å². The first-order valence-electron chi connectivity index (χ1n) is 8.81. The Hall–Kier alpha value is -3.68. The molecule has 8 heteroatoms. The largest absolute Gasteiger partial charge is 0.494 e. The Kier molecular flexibility index (Phi) is 6.01. The van der Waals surface area contributed by atoms with Crippen LogP contribution < -0.4 is 15.8 Å². The average molecular weight is 380 g/mol. The molecule has 0 radical (unpaired) electrons. The maximum atomic E-state index is 12.2. The van der Waals surface area contributed by atoms with Gasteiger partial charge in [0.25, 0.3) is 5.91 Å². The van der Waals surface area contributed by atoms with Crippen molar-refractivity contribution in [2.75, 3.05) is 11.9 Å². The van der Waals surface area contributed by atoms with Crippen LogP contribution in [-0.2, 0) is 11.2 Å². The number of amides is 2. The standard InChI is InChI=1S/C20H20N4O4/c1-2-27-14-9-7-13(8-10-14)20-23-18(28-24-20)12-11-17(25)22-16-6-4-3-5-15(16)19(21)26/h3-10H,2,11-12H2,1H3,(H2,21,26)(H,22,25). The van der Waals surface area contributed by atoms with Gasteiger partial charge < -0.3 is 20.3 Å². The first-order valence-corrected chi connectivity index (χ1v) is 8.81. The quantitative estimate of drug-likeness (QED) is 0.620. The number of carbonyl (C=O) groups is 2. The van der Waals surface area contributed by atoms with E-state index < -0.39 is 5.91 Å². The number of benzene rings is 2. The Balaban J connectivity index is 1.58. The number of rotatable bonds is 8. The lowest BCUT2D eigenvalue weighted by Gasteiger charge is -2.07. The van der Waals surface area contributed by atoms with Crippen LogP contribution in [0.2, 0.25) is 0 Å². The minimum atomic E-state index is -0.604. The molecule has 1 heterocycles. The molecule has 1 aromatic heterocycles. The number of carbonyl (C=O) groups excluding carboxylic acids is 2. The van der Waals surface area contributed by atoms with Gasteiger partial charge in [0, 0.05) is 18.4 Å². The Labute approximate surface area is 161 Å². The third-order valence-electron chi connectivity index (χ3n) is 3.92. The smallest absolute Gasteiger partial charge is 0.250 e. The highest BCUT2D eigenvalue weighted by Gasteiger charge is 2.13. The molecule has 0 bridgehead atoms. The Morgan fingerprint density at radius 3 is 2.61 bits per heavy atom. The van der Waals surface area contributed by atoms with Crippen molar-refractivity contribution in [3.8, 4) is 17.1 Å². The highest BCUT2D eigenvalue weighted by atomic mass is 16.5. The van der Waals surface area contributed by atoms with Gasteiger partial charge in [-0.05, 0) is 43.3 Å². The van der Waals surface area contributed by atoms with Crippen molar-refractivity contribution < 1.29 is 18.8 Å². The van der Waals surface area contributed by atoms with Crippen LogP contribution in [0, 0.1) is 0 Å². The van der Waals surface area contributed by atoms with Crippen molar-refractivity contribution in [1.82, 2.24) is 10.1 Å². The van der Waals surface area contributed by atoms with Crippen molar-refractivity contribution in [1.29, 1.82) is 0 Å². The summed E-state index contributed by atoms with van der Waals surface area (Å²) in [4.78, 5) is 27.9. The Morgan fingerprint density at radius 2 is 1.89 bits per heavy atom. The zero-order valence-electron chi connectivity index (χ0n) is 15.3. The number of para-hydroxylation sites is 1. The maximum Gasteiger partial charge on any atom is 0.250 e. The van der Waals surface area contributed by atoms with Gasteiger partial charge in [-0.3, -0.25) is 9.59 Å². The van der Waals surface area contributed by atoms with E-state index in [1.54, 1.807) is 24.3 Å². The fourth-order valence-electron chi connectivity index (χ4n) is 2.58. The topological polar surface area (TPSA) is 120 Å². The van der Waals surface area contributed by atoms with Crippen LogP contribution in [0.3, 0.4) is 0 Å². The monoisotopic (exact) mass is 380 g/mol. The lowest BCUT2D eigenvalue weighted by molar-refractivity contribution is -0.116. The number of nitrogens with one attached hydrogen (secondary N) is 1. The summed E-state index contributed by atoms with van der Waals surface area (Å²) >= 11 is 0. The molecular weight excluding hydrogens is 360 g/mol. The number of nitrogens with zero attached hydrogens (tertiary/aromatic N) is 2. The van der Waals surface area contributed by atoms with Crippen molar-refractivity contribution in [3.05, 3.63) is 60.0 Å². The van der Waals surface area contributed by atoms with Crippen molar-refractivity contribution in [2.45, 2.75) is 19.8 Å². The van der Waals surface area contributed by atoms with E-state index in [4.69, 9.17) is 15.0 Å². The molecule has 0 aliphatic rings. The number of anilines is 1. The van der Waals surface area contributed by atoms with Crippen LogP contribution >= 0.6 is 0 Å². The lowest BCUT2D eigenvalue weighted by Crippen LogP contribution is -2.18. The molecule has 0 saturated carbocycles. The van der Waals surface area contributed by atoms with Crippen LogP contribution in [0.25, 0.3) is 11.4 Å². The zero-order chi connectivity index (χ0) is 19.9. The predicted octanol–water partition coefficient (Wildman–Crippen LogP) is 2.81. The van der Waals surface area contributed by atoms with Gasteiger partial charge in [0.1, 0.15) is 5.75 Å². The first kappa shape index (κ1) is 19.1. The molecule has 3 N–H and O–H groups in total. The van der Waals surface area contributed by atoms with E-state index in [2.05, 4.69) is 15.5 Å². The first-order chi connectivity index (χ1) is 13.6. The predicted molar refractivity (Wildman–Crippen MR) is 103 cm³/mol. The molecule has 2 amide bonds. The van der Waals surface area contributed by atoms with E-state index in [1.165, 1.54) is 0 Å². The van der Waals surface area contributed by atoms with Crippen LogP contribution in [0.1, 0.15) is 29.6 Å². The van der Waals surface area contributed by atoms with Gasteiger partial charge in [0.05, 0.1) is 17.9 Å². The highest BCUT2D eigenvalue weighted by Crippen LogP contribution is 2.20. The molecule has 0 saturated heterocycles. The molecule has 8 nitrogen and oxygen atoms in total. The molecule has 144 valence electrons. The van der Waals surface area contributed by atoms with Gasteiger partial charge >= 0.3 is 0 Å². The molecule has 0 aliphatic carbocycles. The minimum Gasteiger partial charge on any atom is -0.494 e. The second kappa shape index (κ2) is 8.81. The molecule has 0 spiro atoms. The van der Waals surface area contributed by atoms with Crippen LogP contribution in [-0.4, -0.2) is 28.6 Å². The molecule has 0 aliphatic heterocycles. The fourth-order valence-corrected chi connectivity index (χ4v) is 2.58. The number of aryl methyl sites for hydroxylation is 1. The summed E-state index contributed by atoms with van der Waals surface area (Å²) in [5, 5.41) is 6.62. The van der Waals surface area contributed by atoms with Gasteiger partial charge in [0.2, 0.25) is 17.6 Å². The summed E-state index contributed by atoms with van der Waals surface area (Å²) in [5.74, 6) is 0.671. The van der Waals surface area contributed by atoms with Crippen LogP contribution in [0.5, 0.6) is 5.75 Å². The van der Waals surface area contributed by atoms with Crippen molar-refractivity contribution in [3.63, 3.8) is 0 Å². The number of ether oxygens (including phenoxy) is 1. The lowest BCUT2D eigenvalue weighted by atomic mass is 10.1. The number of hydrogen-bond donors (Lipinski definition) is 2. The van der Waals surface area contributed by atoms with E-state index in [0.29, 0.717) is 24.0 Å². The summed E-state index contributed by atoms with van der Waals surface area (Å²) in [6.45, 7) is 2.51. The summed E-state index contributed by atoms with van der Waals surface area (Å²) in [6, 6.07) is 13.9. The van der Waals surface area contributed by atoms with E-state index in [9.17, 15) is 9.59 Å². The molecule has 2 aromatic carbocycles. The number of aromatic nitrogens is 2. The minimum absolute atomic E-state index is 0.123. The molecular formula is C20H20N4O4. The van der Waals surface area contributed by atoms with Gasteiger partial charge in [-0.25, -0.2) is 0 Å². The van der Waals surface area contributed by atoms with Gasteiger partial charge in [-0.15, -0.1) is 0 Å². The average Bonchev–Trinajstić information content (AvgIpc) is 3.16. The molecule has 28 heavy (non-hydrogen) atoms. The Morgan fingerprint density at radius 1 is 1.14 bits per heavy atom. The number of hydrogen-bond acceptors (Lipinski definition) is 6. The molecule has 3 rings (SSSR count). The summed E-state index contributed by atoms with van der Waals surface area (Å²) < 4.78 is 10.6. The number of nitrogens with two attached hydrogens (primary N) is 1. The molecule has 0 unspecified atom stereocenters. The van der Waals surface area contributed by atoms with Gasteiger partial charge in [-0.2, -0.15) is 4.98 Å². The second-order valence-electron chi connectivity index (χ2n) is 5.93. The van der Waals surface area contributed by atoms with E-state index in [-0.39, 0.29) is 24.3 Å². The van der Waals surface area contributed by atoms with E-state index >= 15 is 0 Å². The normalized spacial score (nSPS) is 10.5. The maximum absolute atomic E-state index is 12.2. The van der Waals surface area contributed by atoms with Crippen molar-refractivity contribution in [2.24, 2.45) is 5.73 Å². The van der Waals surface area contributed by atoms with E-state index in [0.717, 1.165) is 11.3 Å².